The quantitative estimate of drug-likeness (QED) is 0.857. The van der Waals surface area contributed by atoms with Gasteiger partial charge in [-0.15, -0.1) is 0 Å². The fraction of sp³-hybridized carbons (Fsp3) is 0.600. The third-order valence-electron chi connectivity index (χ3n) is 3.94. The summed E-state index contributed by atoms with van der Waals surface area (Å²) in [5.41, 5.74) is 1.40. The van der Waals surface area contributed by atoms with E-state index in [-0.39, 0.29) is 0 Å². The highest BCUT2D eigenvalue weighted by atomic mass is 35.5. The Balaban J connectivity index is 1.79. The lowest BCUT2D eigenvalue weighted by Gasteiger charge is -2.28. The van der Waals surface area contributed by atoms with Crippen LogP contribution >= 0.6 is 11.6 Å². The van der Waals surface area contributed by atoms with Gasteiger partial charge < -0.3 is 5.11 Å². The van der Waals surface area contributed by atoms with Gasteiger partial charge in [0.2, 0.25) is 0 Å². The Hall–Kier alpha value is -0.530. The maximum absolute atomic E-state index is 8.93. The van der Waals surface area contributed by atoms with Crippen LogP contribution in [0, 0.1) is 11.8 Å². The summed E-state index contributed by atoms with van der Waals surface area (Å²) in [5, 5.41) is 9.75. The SMILES string of the molecule is OCCC1CCC(Cc2ccc(Cl)cc2)CC1. The summed E-state index contributed by atoms with van der Waals surface area (Å²) in [7, 11) is 0. The third kappa shape index (κ3) is 4.01. The van der Waals surface area contributed by atoms with Crippen molar-refractivity contribution in [3.05, 3.63) is 34.9 Å². The van der Waals surface area contributed by atoms with E-state index in [1.54, 1.807) is 0 Å². The molecule has 0 atom stereocenters. The number of hydrogen-bond donors (Lipinski definition) is 1. The highest BCUT2D eigenvalue weighted by Crippen LogP contribution is 2.32. The summed E-state index contributed by atoms with van der Waals surface area (Å²) in [6, 6.07) is 8.24. The monoisotopic (exact) mass is 252 g/mol. The molecule has 0 unspecified atom stereocenters. The second-order valence-corrected chi connectivity index (χ2v) is 5.67. The van der Waals surface area contributed by atoms with Crippen molar-refractivity contribution in [3.63, 3.8) is 0 Å². The molecule has 0 amide bonds. The molecule has 2 heteroatoms. The number of rotatable bonds is 4. The van der Waals surface area contributed by atoms with Gasteiger partial charge in [0.15, 0.2) is 0 Å². The minimum absolute atomic E-state index is 0.354. The second kappa shape index (κ2) is 6.42. The molecule has 0 heterocycles. The lowest BCUT2D eigenvalue weighted by atomic mass is 9.78. The Labute approximate surface area is 109 Å². The molecular weight excluding hydrogens is 232 g/mol. The molecule has 94 valence electrons. The Kier molecular flexibility index (Phi) is 4.87. The fourth-order valence-corrected chi connectivity index (χ4v) is 2.99. The topological polar surface area (TPSA) is 20.2 Å². The zero-order valence-corrected chi connectivity index (χ0v) is 11.0. The van der Waals surface area contributed by atoms with Crippen LogP contribution in [0.1, 0.15) is 37.7 Å². The lowest BCUT2D eigenvalue weighted by molar-refractivity contribution is 0.205. The molecule has 1 nitrogen and oxygen atoms in total. The Morgan fingerprint density at radius 2 is 1.59 bits per heavy atom. The highest BCUT2D eigenvalue weighted by molar-refractivity contribution is 6.30. The standard InChI is InChI=1S/C15H21ClO/c16-15-7-5-14(6-8-15)11-13-3-1-12(2-4-13)9-10-17/h5-8,12-13,17H,1-4,9-11H2. The maximum Gasteiger partial charge on any atom is 0.0433 e. The summed E-state index contributed by atoms with van der Waals surface area (Å²) < 4.78 is 0. The van der Waals surface area contributed by atoms with Crippen LogP contribution in [0.5, 0.6) is 0 Å². The van der Waals surface area contributed by atoms with E-state index in [0.29, 0.717) is 6.61 Å². The Morgan fingerprint density at radius 1 is 1.00 bits per heavy atom. The van der Waals surface area contributed by atoms with E-state index in [1.807, 2.05) is 12.1 Å². The minimum atomic E-state index is 0.354. The van der Waals surface area contributed by atoms with Crippen molar-refractivity contribution < 1.29 is 5.11 Å². The van der Waals surface area contributed by atoms with Crippen LogP contribution < -0.4 is 0 Å². The molecule has 0 aromatic heterocycles. The van der Waals surface area contributed by atoms with Gasteiger partial charge in [-0.1, -0.05) is 36.6 Å². The molecule has 0 saturated heterocycles. The van der Waals surface area contributed by atoms with E-state index < -0.39 is 0 Å². The average molecular weight is 253 g/mol. The first-order valence-electron chi connectivity index (χ1n) is 6.63. The van der Waals surface area contributed by atoms with Crippen LogP contribution in [0.15, 0.2) is 24.3 Å². The van der Waals surface area contributed by atoms with Gasteiger partial charge >= 0.3 is 0 Å². The van der Waals surface area contributed by atoms with E-state index in [9.17, 15) is 0 Å². The molecule has 0 radical (unpaired) electrons. The number of aliphatic hydroxyl groups is 1. The van der Waals surface area contributed by atoms with Crippen LogP contribution in [0.3, 0.4) is 0 Å². The average Bonchev–Trinajstić information content (AvgIpc) is 2.35. The van der Waals surface area contributed by atoms with E-state index in [0.717, 1.165) is 23.3 Å². The lowest BCUT2D eigenvalue weighted by Crippen LogP contribution is -2.17. The summed E-state index contributed by atoms with van der Waals surface area (Å²) in [4.78, 5) is 0. The molecule has 1 aliphatic rings. The van der Waals surface area contributed by atoms with Crippen molar-refractivity contribution in [3.8, 4) is 0 Å². The molecule has 0 aliphatic heterocycles. The van der Waals surface area contributed by atoms with Crippen molar-refractivity contribution in [2.24, 2.45) is 11.8 Å². The molecule has 2 rings (SSSR count). The second-order valence-electron chi connectivity index (χ2n) is 5.23. The zero-order valence-electron chi connectivity index (χ0n) is 10.2. The van der Waals surface area contributed by atoms with Crippen molar-refractivity contribution in [1.82, 2.24) is 0 Å². The summed E-state index contributed by atoms with van der Waals surface area (Å²) in [6.07, 6.45) is 7.38. The normalized spacial score (nSPS) is 24.8. The molecular formula is C15H21ClO. The van der Waals surface area contributed by atoms with Gasteiger partial charge in [0, 0.05) is 11.6 Å². The molecule has 1 aliphatic carbocycles. The summed E-state index contributed by atoms with van der Waals surface area (Å²) in [6.45, 7) is 0.354. The number of benzene rings is 1. The van der Waals surface area contributed by atoms with Gasteiger partial charge in [0.1, 0.15) is 0 Å². The van der Waals surface area contributed by atoms with E-state index >= 15 is 0 Å². The molecule has 1 aromatic carbocycles. The predicted octanol–water partition coefficient (Wildman–Crippen LogP) is 4.07. The molecule has 0 bridgehead atoms. The van der Waals surface area contributed by atoms with Gasteiger partial charge in [-0.05, 0) is 55.2 Å². The number of aliphatic hydroxyl groups excluding tert-OH is 1. The first-order chi connectivity index (χ1) is 8.28. The fourth-order valence-electron chi connectivity index (χ4n) is 2.86. The first-order valence-corrected chi connectivity index (χ1v) is 7.01. The van der Waals surface area contributed by atoms with Gasteiger partial charge in [0.25, 0.3) is 0 Å². The molecule has 17 heavy (non-hydrogen) atoms. The molecule has 1 aromatic rings. The van der Waals surface area contributed by atoms with Crippen LogP contribution in [-0.4, -0.2) is 11.7 Å². The first kappa shape index (κ1) is 12.9. The smallest absolute Gasteiger partial charge is 0.0433 e. The van der Waals surface area contributed by atoms with Crippen LogP contribution in [0.4, 0.5) is 0 Å². The van der Waals surface area contributed by atoms with Gasteiger partial charge in [-0.3, -0.25) is 0 Å². The summed E-state index contributed by atoms with van der Waals surface area (Å²) in [5.74, 6) is 1.59. The zero-order chi connectivity index (χ0) is 12.1. The van der Waals surface area contributed by atoms with Crippen molar-refractivity contribution in [2.45, 2.75) is 38.5 Å². The molecule has 0 spiro atoms. The van der Waals surface area contributed by atoms with Crippen molar-refractivity contribution >= 4 is 11.6 Å². The van der Waals surface area contributed by atoms with Gasteiger partial charge in [0.05, 0.1) is 0 Å². The van der Waals surface area contributed by atoms with Crippen LogP contribution in [-0.2, 0) is 6.42 Å². The Morgan fingerprint density at radius 3 is 2.18 bits per heavy atom. The maximum atomic E-state index is 8.93. The van der Waals surface area contributed by atoms with Gasteiger partial charge in [-0.25, -0.2) is 0 Å². The van der Waals surface area contributed by atoms with E-state index in [4.69, 9.17) is 16.7 Å². The van der Waals surface area contributed by atoms with E-state index in [1.165, 1.54) is 37.7 Å². The molecule has 1 saturated carbocycles. The third-order valence-corrected chi connectivity index (χ3v) is 4.19. The highest BCUT2D eigenvalue weighted by Gasteiger charge is 2.20. The van der Waals surface area contributed by atoms with Crippen molar-refractivity contribution in [2.75, 3.05) is 6.61 Å². The number of hydrogen-bond acceptors (Lipinski definition) is 1. The number of halogens is 1. The largest absolute Gasteiger partial charge is 0.396 e. The van der Waals surface area contributed by atoms with Crippen molar-refractivity contribution in [1.29, 1.82) is 0 Å². The minimum Gasteiger partial charge on any atom is -0.396 e. The van der Waals surface area contributed by atoms with Crippen LogP contribution in [0.25, 0.3) is 0 Å². The summed E-state index contributed by atoms with van der Waals surface area (Å²) >= 11 is 5.88. The molecule has 1 fully saturated rings. The molecule has 1 N–H and O–H groups in total. The van der Waals surface area contributed by atoms with Gasteiger partial charge in [-0.2, -0.15) is 0 Å². The predicted molar refractivity (Wildman–Crippen MR) is 72.3 cm³/mol. The van der Waals surface area contributed by atoms with E-state index in [2.05, 4.69) is 12.1 Å². The Bertz CT molecular complexity index is 325. The van der Waals surface area contributed by atoms with Crippen LogP contribution in [0.2, 0.25) is 5.02 Å².